The number of piperidine rings is 1. The SMILES string of the molecule is CN(C(C(=O)N1CCC(N)CC1)C(F)(F)c1ccc(Oc2ccccc2)cc1)S(=O)(=O)c1ccc(OCC2CCCCC2)cc1. The Kier molecular flexibility index (Phi) is 10.4. The van der Waals surface area contributed by atoms with E-state index in [2.05, 4.69) is 0 Å². The molecule has 1 heterocycles. The van der Waals surface area contributed by atoms with Crippen LogP contribution in [0, 0.1) is 5.92 Å². The van der Waals surface area contributed by atoms with Crippen LogP contribution in [0.1, 0.15) is 50.5 Å². The third-order valence-electron chi connectivity index (χ3n) is 8.72. The van der Waals surface area contributed by atoms with Crippen LogP contribution in [0.2, 0.25) is 0 Å². The number of hydrogen-bond acceptors (Lipinski definition) is 6. The Labute approximate surface area is 264 Å². The van der Waals surface area contributed by atoms with Crippen LogP contribution in [0.5, 0.6) is 17.2 Å². The Bertz CT molecular complexity index is 1510. The number of carbonyl (C=O) groups excluding carboxylic acids is 1. The lowest BCUT2D eigenvalue weighted by atomic mass is 9.90. The van der Waals surface area contributed by atoms with Crippen molar-refractivity contribution in [2.24, 2.45) is 11.7 Å². The molecule has 242 valence electrons. The quantitative estimate of drug-likeness (QED) is 0.269. The highest BCUT2D eigenvalue weighted by molar-refractivity contribution is 7.89. The van der Waals surface area contributed by atoms with E-state index < -0.39 is 33.5 Å². The topological polar surface area (TPSA) is 102 Å². The minimum Gasteiger partial charge on any atom is -0.493 e. The van der Waals surface area contributed by atoms with Crippen molar-refractivity contribution in [2.75, 3.05) is 26.7 Å². The Morgan fingerprint density at radius 1 is 0.889 bits per heavy atom. The Morgan fingerprint density at radius 2 is 1.47 bits per heavy atom. The first-order valence-corrected chi connectivity index (χ1v) is 17.0. The Morgan fingerprint density at radius 3 is 2.09 bits per heavy atom. The summed E-state index contributed by atoms with van der Waals surface area (Å²) in [5.74, 6) is -3.04. The van der Waals surface area contributed by atoms with Crippen molar-refractivity contribution in [3.05, 3.63) is 84.4 Å². The number of sulfonamides is 1. The van der Waals surface area contributed by atoms with Gasteiger partial charge < -0.3 is 20.1 Å². The second-order valence-corrected chi connectivity index (χ2v) is 13.9. The molecule has 1 unspecified atom stereocenters. The largest absolute Gasteiger partial charge is 0.493 e. The zero-order chi connectivity index (χ0) is 32.0. The number of likely N-dealkylation sites (N-methyl/N-ethyl adjacent to an activating group) is 1. The summed E-state index contributed by atoms with van der Waals surface area (Å²) in [7, 11) is -3.49. The van der Waals surface area contributed by atoms with Crippen LogP contribution in [0.15, 0.2) is 83.8 Å². The molecule has 1 amide bonds. The molecule has 5 rings (SSSR count). The number of rotatable bonds is 11. The molecule has 0 bridgehead atoms. The Hall–Kier alpha value is -3.54. The highest BCUT2D eigenvalue weighted by Crippen LogP contribution is 2.39. The molecule has 11 heteroatoms. The maximum absolute atomic E-state index is 16.5. The zero-order valence-electron chi connectivity index (χ0n) is 25.5. The van der Waals surface area contributed by atoms with Gasteiger partial charge in [-0.05, 0) is 92.3 Å². The smallest absolute Gasteiger partial charge is 0.298 e. The van der Waals surface area contributed by atoms with Gasteiger partial charge in [-0.3, -0.25) is 4.79 Å². The lowest BCUT2D eigenvalue weighted by Gasteiger charge is -2.38. The molecule has 0 aromatic heterocycles. The van der Waals surface area contributed by atoms with E-state index in [0.717, 1.165) is 32.0 Å². The molecule has 0 spiro atoms. The van der Waals surface area contributed by atoms with Crippen LogP contribution in [0.25, 0.3) is 0 Å². The summed E-state index contributed by atoms with van der Waals surface area (Å²) in [6.07, 6.45) is 6.68. The van der Waals surface area contributed by atoms with Crippen molar-refractivity contribution in [1.82, 2.24) is 9.21 Å². The number of carbonyl (C=O) groups is 1. The highest BCUT2D eigenvalue weighted by atomic mass is 32.2. The fourth-order valence-corrected chi connectivity index (χ4v) is 7.25. The van der Waals surface area contributed by atoms with Gasteiger partial charge >= 0.3 is 0 Å². The first-order valence-electron chi connectivity index (χ1n) is 15.5. The highest BCUT2D eigenvalue weighted by Gasteiger charge is 2.53. The van der Waals surface area contributed by atoms with Crippen molar-refractivity contribution < 1.29 is 31.5 Å². The van der Waals surface area contributed by atoms with Gasteiger partial charge in [0, 0.05) is 31.7 Å². The predicted molar refractivity (Wildman–Crippen MR) is 168 cm³/mol. The fourth-order valence-electron chi connectivity index (χ4n) is 5.94. The second kappa shape index (κ2) is 14.3. The number of likely N-dealkylation sites (tertiary alicyclic amines) is 1. The molecular formula is C34H41F2N3O5S. The molecule has 3 aromatic carbocycles. The van der Waals surface area contributed by atoms with Gasteiger partial charge in [0.25, 0.3) is 5.92 Å². The van der Waals surface area contributed by atoms with Crippen molar-refractivity contribution in [3.8, 4) is 17.2 Å². The van der Waals surface area contributed by atoms with Crippen LogP contribution in [-0.4, -0.2) is 62.4 Å². The summed E-state index contributed by atoms with van der Waals surface area (Å²) in [5, 5.41) is 0. The minimum absolute atomic E-state index is 0.148. The van der Waals surface area contributed by atoms with Crippen LogP contribution in [-0.2, 0) is 20.7 Å². The first-order chi connectivity index (χ1) is 21.6. The molecule has 1 aliphatic carbocycles. The summed E-state index contributed by atoms with van der Waals surface area (Å²) in [4.78, 5) is 14.9. The van der Waals surface area contributed by atoms with Crippen LogP contribution in [0.3, 0.4) is 0 Å². The average Bonchev–Trinajstić information content (AvgIpc) is 3.05. The van der Waals surface area contributed by atoms with Crippen LogP contribution in [0.4, 0.5) is 8.78 Å². The number of nitrogens with zero attached hydrogens (tertiary/aromatic N) is 2. The molecule has 2 aliphatic rings. The molecular weight excluding hydrogens is 600 g/mol. The van der Waals surface area contributed by atoms with Gasteiger partial charge in [0.1, 0.15) is 17.2 Å². The van der Waals surface area contributed by atoms with E-state index in [9.17, 15) is 13.2 Å². The summed E-state index contributed by atoms with van der Waals surface area (Å²) >= 11 is 0. The van der Waals surface area contributed by atoms with E-state index in [4.69, 9.17) is 15.2 Å². The molecule has 1 saturated heterocycles. The summed E-state index contributed by atoms with van der Waals surface area (Å²) < 4.78 is 72.7. The third-order valence-corrected chi connectivity index (χ3v) is 10.6. The van der Waals surface area contributed by atoms with Gasteiger partial charge in [-0.1, -0.05) is 37.5 Å². The van der Waals surface area contributed by atoms with E-state index >= 15 is 8.78 Å². The number of ether oxygens (including phenoxy) is 2. The van der Waals surface area contributed by atoms with Crippen molar-refractivity contribution in [3.63, 3.8) is 0 Å². The number of amides is 1. The predicted octanol–water partition coefficient (Wildman–Crippen LogP) is 6.17. The van der Waals surface area contributed by atoms with Gasteiger partial charge in [0.15, 0.2) is 6.04 Å². The monoisotopic (exact) mass is 641 g/mol. The van der Waals surface area contributed by atoms with E-state index in [1.54, 1.807) is 24.3 Å². The number of halogens is 2. The average molecular weight is 642 g/mol. The van der Waals surface area contributed by atoms with Crippen LogP contribution < -0.4 is 15.2 Å². The third kappa shape index (κ3) is 7.82. The maximum atomic E-state index is 16.5. The van der Waals surface area contributed by atoms with Gasteiger partial charge in [-0.25, -0.2) is 8.42 Å². The summed E-state index contributed by atoms with van der Waals surface area (Å²) in [6, 6.07) is 17.2. The van der Waals surface area contributed by atoms with Gasteiger partial charge in [-0.15, -0.1) is 0 Å². The zero-order valence-corrected chi connectivity index (χ0v) is 26.3. The Balaban J connectivity index is 1.39. The number of nitrogens with two attached hydrogens (primary N) is 1. The molecule has 0 radical (unpaired) electrons. The number of alkyl halides is 2. The lowest BCUT2D eigenvalue weighted by molar-refractivity contribution is -0.151. The molecule has 1 atom stereocenters. The molecule has 2 N–H and O–H groups in total. The van der Waals surface area contributed by atoms with Crippen molar-refractivity contribution >= 4 is 15.9 Å². The maximum Gasteiger partial charge on any atom is 0.298 e. The molecule has 1 saturated carbocycles. The van der Waals surface area contributed by atoms with E-state index in [1.165, 1.54) is 60.6 Å². The number of hydrogen-bond donors (Lipinski definition) is 1. The normalized spacial score (nSPS) is 17.7. The molecule has 8 nitrogen and oxygen atoms in total. The van der Waals surface area contributed by atoms with Crippen LogP contribution >= 0.6 is 0 Å². The number of benzene rings is 3. The first kappa shape index (κ1) is 32.8. The minimum atomic E-state index is -4.52. The van der Waals surface area contributed by atoms with E-state index in [-0.39, 0.29) is 24.0 Å². The van der Waals surface area contributed by atoms with E-state index in [0.29, 0.717) is 46.9 Å². The van der Waals surface area contributed by atoms with Gasteiger partial charge in [-0.2, -0.15) is 13.1 Å². The standard InChI is InChI=1S/C34H41F2N3O5S/c1-38(45(41,42)31-18-16-28(17-19-31)43-24-25-8-4-2-5-9-25)32(33(40)39-22-20-27(37)21-23-39)34(35,36)26-12-14-30(15-13-26)44-29-10-6-3-7-11-29/h3,6-7,10-19,25,27,32H,2,4-5,8-9,20-24,37H2,1H3. The van der Waals surface area contributed by atoms with Crippen molar-refractivity contribution in [1.29, 1.82) is 0 Å². The molecule has 1 aliphatic heterocycles. The molecule has 2 fully saturated rings. The van der Waals surface area contributed by atoms with E-state index in [1.807, 2.05) is 6.07 Å². The second-order valence-electron chi connectivity index (χ2n) is 11.9. The summed E-state index contributed by atoms with van der Waals surface area (Å²) in [6.45, 7) is 0.873. The lowest BCUT2D eigenvalue weighted by Crippen LogP contribution is -2.58. The van der Waals surface area contributed by atoms with Crippen molar-refractivity contribution in [2.45, 2.75) is 67.8 Å². The summed E-state index contributed by atoms with van der Waals surface area (Å²) in [5.41, 5.74) is 5.48. The number of para-hydroxylation sites is 1. The van der Waals surface area contributed by atoms with Gasteiger partial charge in [0.2, 0.25) is 15.9 Å². The molecule has 45 heavy (non-hydrogen) atoms. The molecule has 3 aromatic rings. The fraction of sp³-hybridized carbons (Fsp3) is 0.441. The van der Waals surface area contributed by atoms with Gasteiger partial charge in [0.05, 0.1) is 11.5 Å².